The lowest BCUT2D eigenvalue weighted by Crippen LogP contribution is -2.06. The lowest BCUT2D eigenvalue weighted by Gasteiger charge is -2.11. The van der Waals surface area contributed by atoms with Gasteiger partial charge >= 0.3 is 0 Å². The fraction of sp³-hybridized carbons (Fsp3) is 0. The molecule has 0 saturated carbocycles. The van der Waals surface area contributed by atoms with E-state index in [1.54, 1.807) is 0 Å². The van der Waals surface area contributed by atoms with E-state index in [2.05, 4.69) is 0 Å². The van der Waals surface area contributed by atoms with Crippen LogP contribution in [0.2, 0.25) is 0 Å². The molecule has 6 heteroatoms. The topological polar surface area (TPSA) is 56.7 Å². The number of thiophene rings is 1. The molecule has 6 aromatic carbocycles. The SMILES string of the molecule is [2H]c1c([2H])c([2H])c2c(sc3c([2H])c4c(c([2H])c32)c2c([2H])c([2H])c([2H])c([2H])c2n4-c2nc(-c3ccccc3)nc(-c3cccc4c3oc3ccccc34)n2)c1[2H]. The second-order valence-electron chi connectivity index (χ2n) is 10.5. The molecule has 4 aromatic heterocycles. The Balaban J connectivity index is 1.41. The Labute approximate surface area is 274 Å². The van der Waals surface area contributed by atoms with Crippen molar-refractivity contribution in [1.29, 1.82) is 0 Å². The maximum absolute atomic E-state index is 9.67. The van der Waals surface area contributed by atoms with Gasteiger partial charge in [-0.25, -0.2) is 4.98 Å². The van der Waals surface area contributed by atoms with Gasteiger partial charge in [0.25, 0.3) is 0 Å². The van der Waals surface area contributed by atoms with E-state index in [1.807, 2.05) is 72.8 Å². The highest BCUT2D eigenvalue weighted by atomic mass is 32.1. The predicted octanol–water partition coefficient (Wildman–Crippen LogP) is 10.6. The number of furan rings is 1. The number of aromatic nitrogens is 4. The van der Waals surface area contributed by atoms with Crippen LogP contribution in [0.5, 0.6) is 0 Å². The van der Waals surface area contributed by atoms with Crippen molar-refractivity contribution in [1.82, 2.24) is 19.5 Å². The number of hydrogen-bond donors (Lipinski definition) is 0. The van der Waals surface area contributed by atoms with Gasteiger partial charge in [-0.05, 0) is 36.3 Å². The fourth-order valence-electron chi connectivity index (χ4n) is 5.92. The van der Waals surface area contributed by atoms with Crippen molar-refractivity contribution in [3.63, 3.8) is 0 Å². The highest BCUT2D eigenvalue weighted by Gasteiger charge is 2.21. The summed E-state index contributed by atoms with van der Waals surface area (Å²) in [5.41, 5.74) is 2.28. The van der Waals surface area contributed by atoms with E-state index in [1.165, 1.54) is 4.57 Å². The van der Waals surface area contributed by atoms with Crippen LogP contribution >= 0.6 is 11.3 Å². The van der Waals surface area contributed by atoms with E-state index in [4.69, 9.17) is 30.3 Å². The standard InChI is InChI=1S/C39H22N4OS/c1-2-11-23(12-3-1)37-40-38(28-17-10-16-27-25-14-5-8-19-33(25)44-36(27)28)42-39(41-37)43-31-18-7-4-13-24(31)29-21-30-26-15-6-9-20-34(26)45-35(30)22-32(29)43/h1-22H/i4D,6D,7D,9D,13D,15D,18D,20D,21D,22D. The smallest absolute Gasteiger partial charge is 0.238 e. The van der Waals surface area contributed by atoms with Crippen LogP contribution in [-0.4, -0.2) is 19.5 Å². The molecule has 0 unspecified atom stereocenters. The number of benzene rings is 6. The summed E-state index contributed by atoms with van der Waals surface area (Å²) < 4.78 is 96.9. The van der Waals surface area contributed by atoms with Crippen LogP contribution in [-0.2, 0) is 0 Å². The third-order valence-electron chi connectivity index (χ3n) is 7.92. The maximum Gasteiger partial charge on any atom is 0.238 e. The van der Waals surface area contributed by atoms with Crippen molar-refractivity contribution in [3.8, 4) is 28.7 Å². The first kappa shape index (κ1) is 16.9. The molecule has 45 heavy (non-hydrogen) atoms. The monoisotopic (exact) mass is 604 g/mol. The van der Waals surface area contributed by atoms with Crippen molar-refractivity contribution in [3.05, 3.63) is 133 Å². The Morgan fingerprint density at radius 3 is 2.29 bits per heavy atom. The van der Waals surface area contributed by atoms with Crippen LogP contribution in [0.15, 0.2) is 138 Å². The Bertz CT molecular complexity index is 3340. The summed E-state index contributed by atoms with van der Waals surface area (Å²) in [6, 6.07) is 18.3. The van der Waals surface area contributed by atoms with Crippen LogP contribution in [0.4, 0.5) is 0 Å². The van der Waals surface area contributed by atoms with Gasteiger partial charge < -0.3 is 4.42 Å². The Morgan fingerprint density at radius 1 is 0.578 bits per heavy atom. The molecule has 0 atom stereocenters. The van der Waals surface area contributed by atoms with Crippen molar-refractivity contribution in [2.45, 2.75) is 0 Å². The van der Waals surface area contributed by atoms with Crippen molar-refractivity contribution in [2.75, 3.05) is 0 Å². The minimum absolute atomic E-state index is 0.00535. The quantitative estimate of drug-likeness (QED) is 0.201. The van der Waals surface area contributed by atoms with Gasteiger partial charge in [-0.1, -0.05) is 96.9 Å². The second kappa shape index (κ2) is 9.32. The number of fused-ring (bicyclic) bond motifs is 9. The highest BCUT2D eigenvalue weighted by Crippen LogP contribution is 2.41. The van der Waals surface area contributed by atoms with E-state index in [-0.39, 0.29) is 83.7 Å². The summed E-state index contributed by atoms with van der Waals surface area (Å²) in [6.07, 6.45) is 0. The van der Waals surface area contributed by atoms with E-state index < -0.39 is 36.3 Å². The van der Waals surface area contributed by atoms with Gasteiger partial charge in [-0.2, -0.15) is 9.97 Å². The molecular formula is C39H22N4OS. The lowest BCUT2D eigenvalue weighted by molar-refractivity contribution is 0.669. The first-order chi connectivity index (χ1) is 26.5. The molecule has 0 N–H and O–H groups in total. The average Bonchev–Trinajstić information content (AvgIpc) is 3.91. The number of rotatable bonds is 3. The van der Waals surface area contributed by atoms with Gasteiger partial charge in [-0.15, -0.1) is 11.3 Å². The molecule has 10 rings (SSSR count). The summed E-state index contributed by atoms with van der Waals surface area (Å²) in [6.45, 7) is 0. The van der Waals surface area contributed by atoms with Gasteiger partial charge in [-0.3, -0.25) is 4.57 Å². The molecule has 0 aliphatic rings. The van der Waals surface area contributed by atoms with E-state index in [0.29, 0.717) is 22.3 Å². The third kappa shape index (κ3) is 3.63. The van der Waals surface area contributed by atoms with E-state index >= 15 is 0 Å². The maximum atomic E-state index is 9.67. The first-order valence-electron chi connectivity index (χ1n) is 19.1. The molecule has 0 spiro atoms. The normalized spacial score (nSPS) is 15.1. The molecule has 210 valence electrons. The van der Waals surface area contributed by atoms with Crippen molar-refractivity contribution < 1.29 is 18.1 Å². The molecular weight excluding hydrogens is 573 g/mol. The van der Waals surface area contributed by atoms with Gasteiger partial charge in [0.15, 0.2) is 11.6 Å². The van der Waals surface area contributed by atoms with Crippen LogP contribution in [0.25, 0.3) is 92.6 Å². The van der Waals surface area contributed by atoms with Gasteiger partial charge in [0.05, 0.1) is 30.3 Å². The predicted molar refractivity (Wildman–Crippen MR) is 185 cm³/mol. The Hall–Kier alpha value is -5.85. The number of nitrogens with zero attached hydrogens (tertiary/aromatic N) is 4. The molecule has 0 saturated heterocycles. The number of para-hydroxylation sites is 3. The minimum Gasteiger partial charge on any atom is -0.455 e. The minimum atomic E-state index is -0.544. The van der Waals surface area contributed by atoms with Gasteiger partial charge in [0, 0.05) is 47.3 Å². The zero-order valence-corrected chi connectivity index (χ0v) is 23.9. The molecule has 5 nitrogen and oxygen atoms in total. The zero-order chi connectivity index (χ0) is 38.2. The van der Waals surface area contributed by atoms with Crippen molar-refractivity contribution in [2.24, 2.45) is 0 Å². The Morgan fingerprint density at radius 2 is 1.36 bits per heavy atom. The summed E-state index contributed by atoms with van der Waals surface area (Å²) in [4.78, 5) is 14.7. The number of hydrogen-bond acceptors (Lipinski definition) is 5. The Kier molecular flexibility index (Phi) is 3.49. The highest BCUT2D eigenvalue weighted by molar-refractivity contribution is 7.25. The molecule has 0 aliphatic heterocycles. The van der Waals surface area contributed by atoms with E-state index in [9.17, 15) is 2.74 Å². The zero-order valence-electron chi connectivity index (χ0n) is 33.0. The second-order valence-corrected chi connectivity index (χ2v) is 11.5. The summed E-state index contributed by atoms with van der Waals surface area (Å²) in [5, 5.41) is 1.83. The summed E-state index contributed by atoms with van der Waals surface area (Å²) in [7, 11) is 0. The third-order valence-corrected chi connectivity index (χ3v) is 8.94. The van der Waals surface area contributed by atoms with E-state index in [0.717, 1.165) is 22.1 Å². The van der Waals surface area contributed by atoms with Crippen LogP contribution in [0.1, 0.15) is 13.7 Å². The molecule has 0 radical (unpaired) electrons. The van der Waals surface area contributed by atoms with Gasteiger partial charge in [0.2, 0.25) is 5.95 Å². The summed E-state index contributed by atoms with van der Waals surface area (Å²) in [5.74, 6) is 0.335. The van der Waals surface area contributed by atoms with Crippen molar-refractivity contribution >= 4 is 75.3 Å². The molecule has 0 aliphatic carbocycles. The first-order valence-corrected chi connectivity index (χ1v) is 14.9. The van der Waals surface area contributed by atoms with Gasteiger partial charge in [0.1, 0.15) is 11.2 Å². The molecule has 0 bridgehead atoms. The molecule has 10 aromatic rings. The average molecular weight is 605 g/mol. The van der Waals surface area contributed by atoms with Crippen LogP contribution < -0.4 is 0 Å². The molecule has 0 fully saturated rings. The lowest BCUT2D eigenvalue weighted by atomic mass is 10.1. The van der Waals surface area contributed by atoms with Crippen LogP contribution in [0, 0.1) is 0 Å². The largest absolute Gasteiger partial charge is 0.455 e. The van der Waals surface area contributed by atoms with Crippen LogP contribution in [0.3, 0.4) is 0 Å². The fourth-order valence-corrected chi connectivity index (χ4v) is 6.89. The molecule has 0 amide bonds. The molecule has 4 heterocycles. The summed E-state index contributed by atoms with van der Waals surface area (Å²) >= 11 is 0.948.